The predicted molar refractivity (Wildman–Crippen MR) is 70.9 cm³/mol. The zero-order valence-corrected chi connectivity index (χ0v) is 11.3. The Bertz CT molecular complexity index is 404. The highest BCUT2D eigenvalue weighted by atomic mass is 16.5. The molecule has 1 rings (SSSR count). The second-order valence-electron chi connectivity index (χ2n) is 4.32. The maximum atomic E-state index is 10.6. The van der Waals surface area contributed by atoms with Crippen molar-refractivity contribution in [1.29, 1.82) is 0 Å². The molecule has 0 aromatic heterocycles. The average molecular weight is 251 g/mol. The molecule has 4 heteroatoms. The van der Waals surface area contributed by atoms with Crippen LogP contribution < -0.4 is 4.74 Å². The van der Waals surface area contributed by atoms with Crippen LogP contribution >= 0.6 is 0 Å². The van der Waals surface area contributed by atoms with Crippen LogP contribution in [0.15, 0.2) is 18.2 Å². The van der Waals surface area contributed by atoms with E-state index >= 15 is 0 Å². The summed E-state index contributed by atoms with van der Waals surface area (Å²) in [6.07, 6.45) is 0.184. The van der Waals surface area contributed by atoms with E-state index in [1.165, 1.54) is 5.56 Å². The minimum absolute atomic E-state index is 0.184. The average Bonchev–Trinajstić information content (AvgIpc) is 2.34. The SMILES string of the molecule is CCN(CCC(=O)O)Cc1ccc(OC)c(C)c1. The van der Waals surface area contributed by atoms with Gasteiger partial charge in [0.05, 0.1) is 13.5 Å². The largest absolute Gasteiger partial charge is 0.496 e. The fourth-order valence-electron chi connectivity index (χ4n) is 1.90. The summed E-state index contributed by atoms with van der Waals surface area (Å²) in [7, 11) is 1.66. The molecular weight excluding hydrogens is 230 g/mol. The maximum Gasteiger partial charge on any atom is 0.304 e. The summed E-state index contributed by atoms with van der Waals surface area (Å²) in [5.41, 5.74) is 2.28. The van der Waals surface area contributed by atoms with Crippen LogP contribution in [0.1, 0.15) is 24.5 Å². The third kappa shape index (κ3) is 4.37. The lowest BCUT2D eigenvalue weighted by Crippen LogP contribution is -2.25. The lowest BCUT2D eigenvalue weighted by Gasteiger charge is -2.20. The molecule has 0 saturated carbocycles. The number of hydrogen-bond donors (Lipinski definition) is 1. The first-order valence-electron chi connectivity index (χ1n) is 6.14. The van der Waals surface area contributed by atoms with E-state index in [-0.39, 0.29) is 6.42 Å². The molecule has 0 spiro atoms. The number of benzene rings is 1. The van der Waals surface area contributed by atoms with Crippen molar-refractivity contribution < 1.29 is 14.6 Å². The summed E-state index contributed by atoms with van der Waals surface area (Å²) in [5, 5.41) is 8.69. The molecule has 1 aromatic carbocycles. The number of carbonyl (C=O) groups is 1. The van der Waals surface area contributed by atoms with Crippen molar-refractivity contribution >= 4 is 5.97 Å². The number of aliphatic carboxylic acids is 1. The fraction of sp³-hybridized carbons (Fsp3) is 0.500. The Morgan fingerprint density at radius 2 is 2.17 bits per heavy atom. The Kier molecular flexibility index (Phi) is 5.65. The van der Waals surface area contributed by atoms with E-state index in [1.807, 2.05) is 26.0 Å². The molecule has 0 unspecified atom stereocenters. The summed E-state index contributed by atoms with van der Waals surface area (Å²) < 4.78 is 5.22. The van der Waals surface area contributed by atoms with Gasteiger partial charge in [-0.15, -0.1) is 0 Å². The van der Waals surface area contributed by atoms with Gasteiger partial charge >= 0.3 is 5.97 Å². The number of hydrogen-bond acceptors (Lipinski definition) is 3. The number of nitrogens with zero attached hydrogens (tertiary/aromatic N) is 1. The zero-order chi connectivity index (χ0) is 13.5. The van der Waals surface area contributed by atoms with Crippen molar-refractivity contribution in [3.8, 4) is 5.75 Å². The molecule has 1 aromatic rings. The Hall–Kier alpha value is -1.55. The Labute approximate surface area is 108 Å². The molecule has 0 aliphatic rings. The van der Waals surface area contributed by atoms with Crippen molar-refractivity contribution in [3.05, 3.63) is 29.3 Å². The van der Waals surface area contributed by atoms with Crippen molar-refractivity contribution in [1.82, 2.24) is 4.90 Å². The summed E-state index contributed by atoms with van der Waals surface area (Å²) in [4.78, 5) is 12.7. The number of aryl methyl sites for hydroxylation is 1. The van der Waals surface area contributed by atoms with E-state index in [9.17, 15) is 4.79 Å². The fourth-order valence-corrected chi connectivity index (χ4v) is 1.90. The van der Waals surface area contributed by atoms with Gasteiger partial charge in [-0.2, -0.15) is 0 Å². The van der Waals surface area contributed by atoms with Crippen LogP contribution in [0.25, 0.3) is 0 Å². The second-order valence-corrected chi connectivity index (χ2v) is 4.32. The molecule has 0 saturated heterocycles. The van der Waals surface area contributed by atoms with Gasteiger partial charge < -0.3 is 9.84 Å². The summed E-state index contributed by atoms with van der Waals surface area (Å²) >= 11 is 0. The lowest BCUT2D eigenvalue weighted by molar-refractivity contribution is -0.137. The monoisotopic (exact) mass is 251 g/mol. The van der Waals surface area contributed by atoms with E-state index in [0.29, 0.717) is 6.54 Å². The van der Waals surface area contributed by atoms with E-state index in [2.05, 4.69) is 11.0 Å². The summed E-state index contributed by atoms with van der Waals surface area (Å²) in [5.74, 6) is 0.131. The van der Waals surface area contributed by atoms with Crippen LogP contribution in [0.2, 0.25) is 0 Å². The van der Waals surface area contributed by atoms with Crippen molar-refractivity contribution in [2.45, 2.75) is 26.8 Å². The highest BCUT2D eigenvalue weighted by molar-refractivity contribution is 5.66. The molecule has 0 aliphatic carbocycles. The smallest absolute Gasteiger partial charge is 0.304 e. The quantitative estimate of drug-likeness (QED) is 0.808. The molecule has 18 heavy (non-hydrogen) atoms. The predicted octanol–water partition coefficient (Wildman–Crippen LogP) is 2.30. The Morgan fingerprint density at radius 3 is 2.67 bits per heavy atom. The highest BCUT2D eigenvalue weighted by Gasteiger charge is 2.07. The number of ether oxygens (including phenoxy) is 1. The van der Waals surface area contributed by atoms with E-state index in [1.54, 1.807) is 7.11 Å². The molecule has 0 atom stereocenters. The summed E-state index contributed by atoms with van der Waals surface area (Å²) in [6.45, 7) is 6.25. The van der Waals surface area contributed by atoms with Crippen LogP contribution in [-0.4, -0.2) is 36.2 Å². The van der Waals surface area contributed by atoms with Crippen molar-refractivity contribution in [3.63, 3.8) is 0 Å². The number of methoxy groups -OCH3 is 1. The highest BCUT2D eigenvalue weighted by Crippen LogP contribution is 2.19. The van der Waals surface area contributed by atoms with Crippen LogP contribution in [0.5, 0.6) is 5.75 Å². The normalized spacial score (nSPS) is 10.7. The first-order valence-corrected chi connectivity index (χ1v) is 6.14. The first kappa shape index (κ1) is 14.5. The lowest BCUT2D eigenvalue weighted by atomic mass is 10.1. The standard InChI is InChI=1S/C14H21NO3/c1-4-15(8-7-14(16)17)10-12-5-6-13(18-3)11(2)9-12/h5-6,9H,4,7-8,10H2,1-3H3,(H,16,17). The van der Waals surface area contributed by atoms with Gasteiger partial charge in [0.15, 0.2) is 0 Å². The maximum absolute atomic E-state index is 10.6. The van der Waals surface area contributed by atoms with E-state index < -0.39 is 5.97 Å². The molecule has 0 radical (unpaired) electrons. The molecule has 1 N–H and O–H groups in total. The van der Waals surface area contributed by atoms with Crippen molar-refractivity contribution in [2.75, 3.05) is 20.2 Å². The van der Waals surface area contributed by atoms with Gasteiger partial charge in [0.25, 0.3) is 0 Å². The molecular formula is C14H21NO3. The second kappa shape index (κ2) is 7.01. The van der Waals surface area contributed by atoms with E-state index in [4.69, 9.17) is 9.84 Å². The molecule has 4 nitrogen and oxygen atoms in total. The topological polar surface area (TPSA) is 49.8 Å². The van der Waals surface area contributed by atoms with Gasteiger partial charge in [0.2, 0.25) is 0 Å². The molecule has 100 valence electrons. The number of carboxylic acids is 1. The Balaban J connectivity index is 2.64. The number of rotatable bonds is 7. The Morgan fingerprint density at radius 1 is 1.44 bits per heavy atom. The van der Waals surface area contributed by atoms with Crippen molar-refractivity contribution in [2.24, 2.45) is 0 Å². The van der Waals surface area contributed by atoms with Crippen LogP contribution in [0, 0.1) is 6.92 Å². The van der Waals surface area contributed by atoms with Crippen LogP contribution in [0.3, 0.4) is 0 Å². The van der Waals surface area contributed by atoms with Gasteiger partial charge in [-0.05, 0) is 30.7 Å². The molecule has 0 bridgehead atoms. The molecule has 0 amide bonds. The zero-order valence-electron chi connectivity index (χ0n) is 11.3. The van der Waals surface area contributed by atoms with Gasteiger partial charge in [-0.1, -0.05) is 19.1 Å². The van der Waals surface area contributed by atoms with Gasteiger partial charge in [-0.3, -0.25) is 9.69 Å². The van der Waals surface area contributed by atoms with Crippen LogP contribution in [-0.2, 0) is 11.3 Å². The molecule has 0 fully saturated rings. The first-order chi connectivity index (χ1) is 8.56. The third-order valence-corrected chi connectivity index (χ3v) is 2.95. The van der Waals surface area contributed by atoms with Crippen LogP contribution in [0.4, 0.5) is 0 Å². The minimum Gasteiger partial charge on any atom is -0.496 e. The van der Waals surface area contributed by atoms with Gasteiger partial charge in [0.1, 0.15) is 5.75 Å². The van der Waals surface area contributed by atoms with E-state index in [0.717, 1.165) is 24.4 Å². The van der Waals surface area contributed by atoms with Gasteiger partial charge in [-0.25, -0.2) is 0 Å². The molecule has 0 heterocycles. The summed E-state index contributed by atoms with van der Waals surface area (Å²) in [6, 6.07) is 6.06. The third-order valence-electron chi connectivity index (χ3n) is 2.95. The van der Waals surface area contributed by atoms with Gasteiger partial charge in [0, 0.05) is 13.1 Å². The molecule has 0 aliphatic heterocycles. The number of carboxylic acid groups (broad SMARTS) is 1. The minimum atomic E-state index is -0.751.